The molecule has 3 atom stereocenters. The van der Waals surface area contributed by atoms with Crippen molar-refractivity contribution in [2.75, 3.05) is 13.7 Å². The number of ether oxygens (including phenoxy) is 1. The number of halogens is 1. The van der Waals surface area contributed by atoms with Gasteiger partial charge in [-0.3, -0.25) is 0 Å². The molecule has 1 aromatic rings. The molecule has 0 aromatic heterocycles. The smallest absolute Gasteiger partial charge is 0.165 e. The summed E-state index contributed by atoms with van der Waals surface area (Å²) in [6.45, 7) is 5.46. The Hall–Kier alpha value is -1.09. The summed E-state index contributed by atoms with van der Waals surface area (Å²) in [5.74, 6) is 1.77. The van der Waals surface area contributed by atoms with Gasteiger partial charge >= 0.3 is 0 Å². The first kappa shape index (κ1) is 16.3. The molecule has 3 heteroatoms. The Morgan fingerprint density at radius 1 is 1.38 bits per heavy atom. The van der Waals surface area contributed by atoms with Crippen LogP contribution in [-0.2, 0) is 0 Å². The minimum atomic E-state index is -0.287. The molecule has 2 nitrogen and oxygen atoms in total. The SMILES string of the molecule is COc1ccc(C(C)NCCC2CCCC(C)C2)cc1F. The Bertz CT molecular complexity index is 449. The summed E-state index contributed by atoms with van der Waals surface area (Å²) >= 11 is 0. The normalized spacial score (nSPS) is 23.8. The van der Waals surface area contributed by atoms with Crippen molar-refractivity contribution in [1.82, 2.24) is 5.32 Å². The summed E-state index contributed by atoms with van der Waals surface area (Å²) in [5.41, 5.74) is 0.977. The van der Waals surface area contributed by atoms with Crippen molar-refractivity contribution in [2.24, 2.45) is 11.8 Å². The minimum absolute atomic E-state index is 0.173. The number of benzene rings is 1. The molecule has 1 aliphatic rings. The number of hydrogen-bond acceptors (Lipinski definition) is 2. The van der Waals surface area contributed by atoms with Crippen LogP contribution in [-0.4, -0.2) is 13.7 Å². The summed E-state index contributed by atoms with van der Waals surface area (Å²) in [6.07, 6.45) is 6.74. The molecule has 2 rings (SSSR count). The monoisotopic (exact) mass is 293 g/mol. The molecular formula is C18H28FNO. The molecule has 21 heavy (non-hydrogen) atoms. The summed E-state index contributed by atoms with van der Waals surface area (Å²) in [4.78, 5) is 0. The third-order valence-corrected chi connectivity index (χ3v) is 4.72. The molecule has 0 aliphatic heterocycles. The molecule has 0 saturated heterocycles. The second-order valence-electron chi connectivity index (χ2n) is 6.50. The van der Waals surface area contributed by atoms with Crippen molar-refractivity contribution in [1.29, 1.82) is 0 Å². The lowest BCUT2D eigenvalue weighted by Crippen LogP contribution is -2.24. The third kappa shape index (κ3) is 4.70. The standard InChI is InChI=1S/C18H28FNO/c1-13-5-4-6-15(11-13)9-10-20-14(2)16-7-8-18(21-3)17(19)12-16/h7-8,12-15,20H,4-6,9-11H2,1-3H3. The minimum Gasteiger partial charge on any atom is -0.494 e. The van der Waals surface area contributed by atoms with E-state index in [4.69, 9.17) is 4.74 Å². The van der Waals surface area contributed by atoms with Gasteiger partial charge in [-0.2, -0.15) is 0 Å². The van der Waals surface area contributed by atoms with Gasteiger partial charge in [0.2, 0.25) is 0 Å². The number of nitrogens with one attached hydrogen (secondary N) is 1. The van der Waals surface area contributed by atoms with E-state index in [9.17, 15) is 4.39 Å². The summed E-state index contributed by atoms with van der Waals surface area (Å²) < 4.78 is 18.7. The number of rotatable bonds is 6. The Kier molecular flexibility index (Phi) is 6.04. The molecular weight excluding hydrogens is 265 g/mol. The predicted molar refractivity (Wildman–Crippen MR) is 85.1 cm³/mol. The first-order valence-electron chi connectivity index (χ1n) is 8.17. The number of methoxy groups -OCH3 is 1. The van der Waals surface area contributed by atoms with Crippen LogP contribution in [0.15, 0.2) is 18.2 Å². The average Bonchev–Trinajstić information content (AvgIpc) is 2.47. The van der Waals surface area contributed by atoms with Gasteiger partial charge in [0.1, 0.15) is 0 Å². The second-order valence-corrected chi connectivity index (χ2v) is 6.50. The fourth-order valence-corrected chi connectivity index (χ4v) is 3.40. The highest BCUT2D eigenvalue weighted by Crippen LogP contribution is 2.30. The van der Waals surface area contributed by atoms with Gasteiger partial charge in [-0.1, -0.05) is 32.3 Å². The highest BCUT2D eigenvalue weighted by atomic mass is 19.1. The van der Waals surface area contributed by atoms with E-state index in [2.05, 4.69) is 19.2 Å². The van der Waals surface area contributed by atoms with Crippen molar-refractivity contribution in [2.45, 2.75) is 52.0 Å². The average molecular weight is 293 g/mol. The zero-order chi connectivity index (χ0) is 15.2. The van der Waals surface area contributed by atoms with E-state index in [1.165, 1.54) is 39.2 Å². The van der Waals surface area contributed by atoms with E-state index >= 15 is 0 Å². The fourth-order valence-electron chi connectivity index (χ4n) is 3.40. The Balaban J connectivity index is 1.78. The van der Waals surface area contributed by atoms with Crippen LogP contribution in [0.2, 0.25) is 0 Å². The van der Waals surface area contributed by atoms with E-state index in [0.29, 0.717) is 5.75 Å². The highest BCUT2D eigenvalue weighted by molar-refractivity contribution is 5.30. The molecule has 0 amide bonds. The Labute approximate surface area is 128 Å². The molecule has 1 fully saturated rings. The van der Waals surface area contributed by atoms with E-state index in [1.807, 2.05) is 6.07 Å². The van der Waals surface area contributed by atoms with Crippen molar-refractivity contribution in [3.63, 3.8) is 0 Å². The van der Waals surface area contributed by atoms with E-state index in [-0.39, 0.29) is 11.9 Å². The zero-order valence-corrected chi connectivity index (χ0v) is 13.5. The van der Waals surface area contributed by atoms with Crippen LogP contribution in [0.5, 0.6) is 5.75 Å². The van der Waals surface area contributed by atoms with Gasteiger partial charge < -0.3 is 10.1 Å². The Morgan fingerprint density at radius 2 is 2.19 bits per heavy atom. The van der Waals surface area contributed by atoms with Gasteiger partial charge in [0.05, 0.1) is 7.11 Å². The van der Waals surface area contributed by atoms with E-state index < -0.39 is 0 Å². The molecule has 1 N–H and O–H groups in total. The van der Waals surface area contributed by atoms with Crippen molar-refractivity contribution in [3.8, 4) is 5.75 Å². The molecule has 0 heterocycles. The lowest BCUT2D eigenvalue weighted by atomic mass is 9.81. The van der Waals surface area contributed by atoms with Gasteiger partial charge in [-0.15, -0.1) is 0 Å². The predicted octanol–water partition coefficient (Wildman–Crippen LogP) is 4.70. The van der Waals surface area contributed by atoms with Crippen molar-refractivity contribution in [3.05, 3.63) is 29.6 Å². The maximum atomic E-state index is 13.7. The second kappa shape index (κ2) is 7.79. The van der Waals surface area contributed by atoms with E-state index in [0.717, 1.165) is 23.9 Å². The largest absolute Gasteiger partial charge is 0.494 e. The van der Waals surface area contributed by atoms with Crippen LogP contribution < -0.4 is 10.1 Å². The van der Waals surface area contributed by atoms with Crippen molar-refractivity contribution < 1.29 is 9.13 Å². The maximum absolute atomic E-state index is 13.7. The van der Waals surface area contributed by atoms with E-state index in [1.54, 1.807) is 12.1 Å². The number of hydrogen-bond donors (Lipinski definition) is 1. The third-order valence-electron chi connectivity index (χ3n) is 4.72. The molecule has 0 radical (unpaired) electrons. The summed E-state index contributed by atoms with van der Waals surface area (Å²) in [5, 5.41) is 3.52. The van der Waals surface area contributed by atoms with Gasteiger partial charge in [-0.25, -0.2) is 4.39 Å². The molecule has 0 bridgehead atoms. The van der Waals surface area contributed by atoms with Crippen LogP contribution in [0.1, 0.15) is 57.6 Å². The quantitative estimate of drug-likeness (QED) is 0.820. The molecule has 118 valence electrons. The maximum Gasteiger partial charge on any atom is 0.165 e. The fraction of sp³-hybridized carbons (Fsp3) is 0.667. The Morgan fingerprint density at radius 3 is 2.86 bits per heavy atom. The van der Waals surface area contributed by atoms with Crippen LogP contribution in [0.25, 0.3) is 0 Å². The van der Waals surface area contributed by atoms with Gasteiger partial charge in [0.15, 0.2) is 11.6 Å². The summed E-state index contributed by atoms with van der Waals surface area (Å²) in [6, 6.07) is 5.37. The molecule has 1 aliphatic carbocycles. The molecule has 0 spiro atoms. The van der Waals surface area contributed by atoms with Crippen LogP contribution >= 0.6 is 0 Å². The molecule has 1 saturated carbocycles. The summed E-state index contributed by atoms with van der Waals surface area (Å²) in [7, 11) is 1.49. The van der Waals surface area contributed by atoms with Crippen molar-refractivity contribution >= 4 is 0 Å². The first-order valence-corrected chi connectivity index (χ1v) is 8.17. The van der Waals surface area contributed by atoms with Crippen LogP contribution in [0.3, 0.4) is 0 Å². The highest BCUT2D eigenvalue weighted by Gasteiger charge is 2.18. The van der Waals surface area contributed by atoms with Crippen LogP contribution in [0, 0.1) is 17.7 Å². The van der Waals surface area contributed by atoms with Gasteiger partial charge in [-0.05, 0) is 55.8 Å². The topological polar surface area (TPSA) is 21.3 Å². The first-order chi connectivity index (χ1) is 10.1. The molecule has 3 unspecified atom stereocenters. The van der Waals surface area contributed by atoms with Gasteiger partial charge in [0, 0.05) is 6.04 Å². The zero-order valence-electron chi connectivity index (χ0n) is 13.5. The van der Waals surface area contributed by atoms with Gasteiger partial charge in [0.25, 0.3) is 0 Å². The van der Waals surface area contributed by atoms with Crippen LogP contribution in [0.4, 0.5) is 4.39 Å². The molecule has 1 aromatic carbocycles. The lowest BCUT2D eigenvalue weighted by molar-refractivity contribution is 0.265. The lowest BCUT2D eigenvalue weighted by Gasteiger charge is -2.27.